The van der Waals surface area contributed by atoms with Crippen LogP contribution in [0.4, 0.5) is 0 Å². The highest BCUT2D eigenvalue weighted by Gasteiger charge is 2.04. The summed E-state index contributed by atoms with van der Waals surface area (Å²) in [6.07, 6.45) is 3.28. The van der Waals surface area contributed by atoms with Gasteiger partial charge >= 0.3 is 0 Å². The van der Waals surface area contributed by atoms with Crippen molar-refractivity contribution < 1.29 is 5.21 Å². The highest BCUT2D eigenvalue weighted by Crippen LogP contribution is 2.25. The van der Waals surface area contributed by atoms with E-state index in [1.54, 1.807) is 0 Å². The van der Waals surface area contributed by atoms with Gasteiger partial charge in [-0.25, -0.2) is 0 Å². The van der Waals surface area contributed by atoms with E-state index in [4.69, 9.17) is 5.21 Å². The highest BCUT2D eigenvalue weighted by molar-refractivity contribution is 6.11. The van der Waals surface area contributed by atoms with E-state index in [2.05, 4.69) is 28.3 Å². The Labute approximate surface area is 92.0 Å². The zero-order valence-corrected chi connectivity index (χ0v) is 8.51. The molecule has 0 fully saturated rings. The van der Waals surface area contributed by atoms with Gasteiger partial charge in [0, 0.05) is 22.5 Å². The van der Waals surface area contributed by atoms with E-state index in [9.17, 15) is 0 Å². The summed E-state index contributed by atoms with van der Waals surface area (Å²) in [7, 11) is 0. The third-order valence-corrected chi connectivity index (χ3v) is 2.81. The summed E-state index contributed by atoms with van der Waals surface area (Å²) in [6, 6.07) is 12.3. The Bertz CT molecular complexity index is 683. The first-order valence-corrected chi connectivity index (χ1v) is 5.06. The molecule has 0 amide bonds. The zero-order valence-electron chi connectivity index (χ0n) is 8.51. The van der Waals surface area contributed by atoms with Crippen molar-refractivity contribution in [3.63, 3.8) is 0 Å². The number of nitrogens with zero attached hydrogens (tertiary/aromatic N) is 1. The van der Waals surface area contributed by atoms with E-state index >= 15 is 0 Å². The number of aromatic amines is 1. The summed E-state index contributed by atoms with van der Waals surface area (Å²) in [5.41, 5.74) is 1.97. The molecule has 1 aromatic heterocycles. The molecule has 2 aromatic carbocycles. The van der Waals surface area contributed by atoms with Crippen LogP contribution in [0, 0.1) is 0 Å². The number of nitrogens with one attached hydrogen (secondary N) is 1. The molecule has 0 bridgehead atoms. The Morgan fingerprint density at radius 2 is 1.94 bits per heavy atom. The zero-order chi connectivity index (χ0) is 11.0. The average molecular weight is 210 g/mol. The van der Waals surface area contributed by atoms with Gasteiger partial charge in [-0.1, -0.05) is 41.6 Å². The van der Waals surface area contributed by atoms with Gasteiger partial charge < -0.3 is 10.2 Å². The van der Waals surface area contributed by atoms with Crippen LogP contribution < -0.4 is 0 Å². The third-order valence-electron chi connectivity index (χ3n) is 2.81. The molecule has 3 rings (SSSR count). The van der Waals surface area contributed by atoms with Crippen LogP contribution in [0.25, 0.3) is 21.7 Å². The van der Waals surface area contributed by atoms with E-state index in [0.717, 1.165) is 16.5 Å². The number of fused-ring (bicyclic) bond motifs is 3. The normalized spacial score (nSPS) is 11.8. The van der Waals surface area contributed by atoms with Gasteiger partial charge in [0.15, 0.2) is 0 Å². The number of hydrogen-bond acceptors (Lipinski definition) is 2. The molecule has 0 saturated carbocycles. The number of rotatable bonds is 1. The van der Waals surface area contributed by atoms with Crippen molar-refractivity contribution >= 4 is 27.9 Å². The van der Waals surface area contributed by atoms with Gasteiger partial charge in [-0.2, -0.15) is 0 Å². The first-order chi connectivity index (χ1) is 7.90. The van der Waals surface area contributed by atoms with Crippen LogP contribution in [0.15, 0.2) is 47.8 Å². The standard InChI is InChI=1S/C13H10N2O/c16-15-8-10-7-14-13-11-4-2-1-3-9(11)5-6-12(10)13/h1-8,14,16H/b15-8+. The molecule has 0 atom stereocenters. The molecule has 0 spiro atoms. The molecule has 3 aromatic rings. The molecule has 3 heteroatoms. The number of hydrogen-bond donors (Lipinski definition) is 2. The second kappa shape index (κ2) is 3.38. The molecule has 16 heavy (non-hydrogen) atoms. The van der Waals surface area contributed by atoms with Crippen molar-refractivity contribution in [1.29, 1.82) is 0 Å². The maximum Gasteiger partial charge on any atom is 0.0755 e. The Morgan fingerprint density at radius 3 is 2.81 bits per heavy atom. The van der Waals surface area contributed by atoms with Gasteiger partial charge in [0.05, 0.1) is 11.7 Å². The van der Waals surface area contributed by atoms with Crippen LogP contribution in [0.1, 0.15) is 5.56 Å². The fourth-order valence-electron chi connectivity index (χ4n) is 2.06. The molecule has 78 valence electrons. The fourth-order valence-corrected chi connectivity index (χ4v) is 2.06. The average Bonchev–Trinajstić information content (AvgIpc) is 2.73. The fraction of sp³-hybridized carbons (Fsp3) is 0. The van der Waals surface area contributed by atoms with Crippen molar-refractivity contribution in [2.75, 3.05) is 0 Å². The first-order valence-electron chi connectivity index (χ1n) is 5.06. The Balaban J connectivity index is 2.44. The van der Waals surface area contributed by atoms with Crippen molar-refractivity contribution in [3.8, 4) is 0 Å². The lowest BCUT2D eigenvalue weighted by Crippen LogP contribution is -1.78. The van der Waals surface area contributed by atoms with Gasteiger partial charge in [0.1, 0.15) is 0 Å². The van der Waals surface area contributed by atoms with Crippen molar-refractivity contribution in [2.24, 2.45) is 5.16 Å². The summed E-state index contributed by atoms with van der Waals surface area (Å²) in [4.78, 5) is 3.21. The predicted molar refractivity (Wildman–Crippen MR) is 65.2 cm³/mol. The van der Waals surface area contributed by atoms with Crippen LogP contribution in [0.3, 0.4) is 0 Å². The lowest BCUT2D eigenvalue weighted by molar-refractivity contribution is 0.322. The van der Waals surface area contributed by atoms with E-state index in [1.807, 2.05) is 24.4 Å². The molecule has 3 nitrogen and oxygen atoms in total. The van der Waals surface area contributed by atoms with E-state index in [1.165, 1.54) is 17.0 Å². The maximum absolute atomic E-state index is 8.57. The topological polar surface area (TPSA) is 48.4 Å². The molecular formula is C13H10N2O. The SMILES string of the molecule is O/N=C/c1c[nH]c2c1ccc1ccccc12. The molecule has 0 aliphatic rings. The Hall–Kier alpha value is -2.29. The van der Waals surface area contributed by atoms with Gasteiger partial charge in [-0.3, -0.25) is 0 Å². The van der Waals surface area contributed by atoms with E-state index in [-0.39, 0.29) is 0 Å². The van der Waals surface area contributed by atoms with Crippen LogP contribution in [-0.4, -0.2) is 16.4 Å². The van der Waals surface area contributed by atoms with Gasteiger partial charge in [-0.15, -0.1) is 0 Å². The summed E-state index contributed by atoms with van der Waals surface area (Å²) in [6.45, 7) is 0. The summed E-state index contributed by atoms with van der Waals surface area (Å²) >= 11 is 0. The summed E-state index contributed by atoms with van der Waals surface area (Å²) in [5, 5.41) is 15.1. The minimum Gasteiger partial charge on any atom is -0.411 e. The number of H-pyrrole nitrogens is 1. The van der Waals surface area contributed by atoms with Crippen LogP contribution in [-0.2, 0) is 0 Å². The van der Waals surface area contributed by atoms with E-state index < -0.39 is 0 Å². The van der Waals surface area contributed by atoms with Crippen molar-refractivity contribution in [1.82, 2.24) is 4.98 Å². The Morgan fingerprint density at radius 1 is 1.06 bits per heavy atom. The largest absolute Gasteiger partial charge is 0.411 e. The number of oxime groups is 1. The number of aromatic nitrogens is 1. The molecule has 0 radical (unpaired) electrons. The second-order valence-corrected chi connectivity index (χ2v) is 3.70. The van der Waals surface area contributed by atoms with Crippen molar-refractivity contribution in [2.45, 2.75) is 0 Å². The molecule has 2 N–H and O–H groups in total. The number of benzene rings is 2. The van der Waals surface area contributed by atoms with Crippen LogP contribution in [0.5, 0.6) is 0 Å². The quantitative estimate of drug-likeness (QED) is 0.362. The maximum atomic E-state index is 8.57. The van der Waals surface area contributed by atoms with Gasteiger partial charge in [-0.05, 0) is 5.39 Å². The van der Waals surface area contributed by atoms with Gasteiger partial charge in [0.25, 0.3) is 0 Å². The lowest BCUT2D eigenvalue weighted by Gasteiger charge is -1.99. The minimum absolute atomic E-state index is 0.892. The van der Waals surface area contributed by atoms with Crippen LogP contribution in [0.2, 0.25) is 0 Å². The molecule has 1 heterocycles. The lowest BCUT2D eigenvalue weighted by atomic mass is 10.1. The first kappa shape index (κ1) is 8.97. The van der Waals surface area contributed by atoms with E-state index in [0.29, 0.717) is 0 Å². The smallest absolute Gasteiger partial charge is 0.0755 e. The van der Waals surface area contributed by atoms with Gasteiger partial charge in [0.2, 0.25) is 0 Å². The summed E-state index contributed by atoms with van der Waals surface area (Å²) < 4.78 is 0. The third kappa shape index (κ3) is 1.18. The van der Waals surface area contributed by atoms with Crippen molar-refractivity contribution in [3.05, 3.63) is 48.2 Å². The molecule has 0 aliphatic carbocycles. The highest BCUT2D eigenvalue weighted by atomic mass is 16.4. The Kier molecular flexibility index (Phi) is 1.90. The monoisotopic (exact) mass is 210 g/mol. The predicted octanol–water partition coefficient (Wildman–Crippen LogP) is 3.13. The molecule has 0 unspecified atom stereocenters. The molecular weight excluding hydrogens is 200 g/mol. The second-order valence-electron chi connectivity index (χ2n) is 3.70. The molecule has 0 saturated heterocycles. The minimum atomic E-state index is 0.892. The summed E-state index contributed by atoms with van der Waals surface area (Å²) in [5.74, 6) is 0. The molecule has 0 aliphatic heterocycles. The van der Waals surface area contributed by atoms with Crippen LogP contribution >= 0.6 is 0 Å².